The van der Waals surface area contributed by atoms with E-state index < -0.39 is 12.1 Å². The molecule has 0 aromatic carbocycles. The number of aliphatic carboxylic acids is 1. The number of quaternary nitrogens is 1. The van der Waals surface area contributed by atoms with Gasteiger partial charge in [0, 0.05) is 6.54 Å². The maximum Gasteiger partial charge on any atom is 0.184 e. The molecule has 2 unspecified atom stereocenters. The summed E-state index contributed by atoms with van der Waals surface area (Å²) in [6.07, 6.45) is -0.506. The van der Waals surface area contributed by atoms with Crippen LogP contribution >= 0.6 is 0 Å². The first-order valence-corrected chi connectivity index (χ1v) is 4.12. The predicted molar refractivity (Wildman–Crippen MR) is 41.2 cm³/mol. The molecule has 0 radical (unpaired) electrons. The Balaban J connectivity index is 2.57. The van der Waals surface area contributed by atoms with Gasteiger partial charge >= 0.3 is 0 Å². The summed E-state index contributed by atoms with van der Waals surface area (Å²) in [6, 6.07) is 0. The van der Waals surface area contributed by atoms with Crippen molar-refractivity contribution in [2.45, 2.75) is 6.17 Å². The van der Waals surface area contributed by atoms with E-state index in [4.69, 9.17) is 5.73 Å². The highest BCUT2D eigenvalue weighted by Crippen LogP contribution is 1.91. The summed E-state index contributed by atoms with van der Waals surface area (Å²) in [5, 5.41) is 10.7. The van der Waals surface area contributed by atoms with Crippen molar-refractivity contribution >= 4 is 5.97 Å². The van der Waals surface area contributed by atoms with Gasteiger partial charge in [0.05, 0.1) is 19.6 Å². The number of nitrogens with two attached hydrogens (primary N) is 1. The van der Waals surface area contributed by atoms with Crippen LogP contribution < -0.4 is 15.7 Å². The van der Waals surface area contributed by atoms with E-state index in [0.717, 1.165) is 18.0 Å². The molecule has 5 nitrogen and oxygen atoms in total. The molecule has 70 valence electrons. The van der Waals surface area contributed by atoms with Crippen molar-refractivity contribution in [3.8, 4) is 0 Å². The maximum atomic E-state index is 10.7. The topological polar surface area (TPSA) is 73.8 Å². The third kappa shape index (κ3) is 1.74. The zero-order chi connectivity index (χ0) is 9.14. The van der Waals surface area contributed by atoms with Crippen LogP contribution in [0.15, 0.2) is 0 Å². The van der Waals surface area contributed by atoms with Crippen LogP contribution in [0.1, 0.15) is 0 Å². The molecule has 0 aromatic heterocycles. The lowest BCUT2D eigenvalue weighted by molar-refractivity contribution is -0.909. The molecule has 3 N–H and O–H groups in total. The van der Waals surface area contributed by atoms with E-state index >= 15 is 0 Å². The minimum Gasteiger partial charge on any atom is -0.543 e. The molecule has 0 aromatic rings. The summed E-state index contributed by atoms with van der Waals surface area (Å²) >= 11 is 0. The number of carboxylic acid groups (broad SMARTS) is 1. The molecule has 0 saturated carbocycles. The van der Waals surface area contributed by atoms with Gasteiger partial charge in [0.25, 0.3) is 0 Å². The van der Waals surface area contributed by atoms with Gasteiger partial charge in [0.2, 0.25) is 0 Å². The highest BCUT2D eigenvalue weighted by Gasteiger charge is 2.33. The number of nitrogens with one attached hydrogen (secondary N) is 1. The summed E-state index contributed by atoms with van der Waals surface area (Å²) in [5.41, 5.74) is 5.36. The summed E-state index contributed by atoms with van der Waals surface area (Å²) in [4.78, 5) is 13.5. The second-order valence-corrected chi connectivity index (χ2v) is 3.15. The Hall–Kier alpha value is -0.650. The molecular formula is C7H15N3O2. The predicted octanol–water partition coefficient (Wildman–Crippen LogP) is -4.15. The van der Waals surface area contributed by atoms with E-state index in [1.165, 1.54) is 0 Å². The number of nitrogens with zero attached hydrogens (tertiary/aromatic N) is 1. The molecule has 0 spiro atoms. The lowest BCUT2D eigenvalue weighted by Crippen LogP contribution is -3.16. The smallest absolute Gasteiger partial charge is 0.184 e. The third-order valence-electron chi connectivity index (χ3n) is 2.30. The summed E-state index contributed by atoms with van der Waals surface area (Å²) in [7, 11) is 1.80. The first-order valence-electron chi connectivity index (χ1n) is 4.12. The number of carbonyl (C=O) groups is 1. The average Bonchev–Trinajstić information content (AvgIpc) is 2.32. The van der Waals surface area contributed by atoms with E-state index in [9.17, 15) is 9.90 Å². The van der Waals surface area contributed by atoms with E-state index in [1.807, 2.05) is 0 Å². The van der Waals surface area contributed by atoms with Crippen LogP contribution in [0.3, 0.4) is 0 Å². The number of hydrogen-bond donors (Lipinski definition) is 2. The second-order valence-electron chi connectivity index (χ2n) is 3.15. The molecule has 1 fully saturated rings. The first-order chi connectivity index (χ1) is 5.66. The van der Waals surface area contributed by atoms with Gasteiger partial charge in [-0.25, -0.2) is 4.90 Å². The molecule has 1 heterocycles. The molecule has 1 aliphatic rings. The van der Waals surface area contributed by atoms with Gasteiger partial charge in [0.15, 0.2) is 6.17 Å². The van der Waals surface area contributed by atoms with Crippen LogP contribution in [0.2, 0.25) is 0 Å². The Kier molecular flexibility index (Phi) is 3.02. The van der Waals surface area contributed by atoms with Crippen molar-refractivity contribution in [2.24, 2.45) is 5.73 Å². The van der Waals surface area contributed by atoms with Crippen molar-refractivity contribution in [1.82, 2.24) is 4.90 Å². The highest BCUT2D eigenvalue weighted by molar-refractivity contribution is 5.69. The molecule has 0 amide bonds. The van der Waals surface area contributed by atoms with Crippen molar-refractivity contribution in [2.75, 3.05) is 33.2 Å². The van der Waals surface area contributed by atoms with Crippen LogP contribution in [-0.4, -0.2) is 50.3 Å². The number of carbonyl (C=O) groups excluding carboxylic acids is 1. The van der Waals surface area contributed by atoms with E-state index in [1.54, 1.807) is 11.9 Å². The molecule has 1 aliphatic heterocycles. The van der Waals surface area contributed by atoms with E-state index in [2.05, 4.69) is 0 Å². The molecule has 1 saturated heterocycles. The Morgan fingerprint density at radius 2 is 2.50 bits per heavy atom. The van der Waals surface area contributed by atoms with Crippen LogP contribution in [0, 0.1) is 0 Å². The Labute approximate surface area is 71.7 Å². The van der Waals surface area contributed by atoms with Crippen LogP contribution in [0.5, 0.6) is 0 Å². The summed E-state index contributed by atoms with van der Waals surface area (Å²) < 4.78 is 0. The van der Waals surface area contributed by atoms with Gasteiger partial charge < -0.3 is 20.5 Å². The largest absolute Gasteiger partial charge is 0.543 e. The van der Waals surface area contributed by atoms with Crippen LogP contribution in [-0.2, 0) is 4.79 Å². The monoisotopic (exact) mass is 173 g/mol. The SMILES string of the molecule is CN1CC[NH+](CCN)C1C(=O)[O-]. The first kappa shape index (κ1) is 9.44. The van der Waals surface area contributed by atoms with Crippen molar-refractivity contribution in [3.63, 3.8) is 0 Å². The lowest BCUT2D eigenvalue weighted by atomic mass is 10.4. The standard InChI is InChI=1S/C7H15N3O2/c1-9-4-5-10(3-2-8)6(9)7(11)12/h6H,2-5,8H2,1H3,(H,11,12). The Bertz CT molecular complexity index is 172. The van der Waals surface area contributed by atoms with Gasteiger partial charge in [-0.05, 0) is 7.05 Å². The number of hydrogen-bond acceptors (Lipinski definition) is 4. The quantitative estimate of drug-likeness (QED) is 0.454. The van der Waals surface area contributed by atoms with Crippen molar-refractivity contribution < 1.29 is 14.8 Å². The fraction of sp³-hybridized carbons (Fsp3) is 0.857. The number of rotatable bonds is 3. The fourth-order valence-corrected chi connectivity index (χ4v) is 1.69. The zero-order valence-electron chi connectivity index (χ0n) is 7.25. The molecule has 12 heavy (non-hydrogen) atoms. The fourth-order valence-electron chi connectivity index (χ4n) is 1.69. The molecule has 0 aliphatic carbocycles. The van der Waals surface area contributed by atoms with Crippen LogP contribution in [0.25, 0.3) is 0 Å². The van der Waals surface area contributed by atoms with Crippen LogP contribution in [0.4, 0.5) is 0 Å². The van der Waals surface area contributed by atoms with E-state index in [-0.39, 0.29) is 0 Å². The molecule has 2 atom stereocenters. The Morgan fingerprint density at radius 1 is 1.83 bits per heavy atom. The maximum absolute atomic E-state index is 10.7. The van der Waals surface area contributed by atoms with Crippen molar-refractivity contribution in [3.05, 3.63) is 0 Å². The number of likely N-dealkylation sites (N-methyl/N-ethyl adjacent to an activating group) is 1. The minimum absolute atomic E-state index is 0.506. The minimum atomic E-state index is -1.00. The van der Waals surface area contributed by atoms with Gasteiger partial charge in [-0.2, -0.15) is 0 Å². The van der Waals surface area contributed by atoms with Crippen molar-refractivity contribution in [1.29, 1.82) is 0 Å². The zero-order valence-corrected chi connectivity index (χ0v) is 7.25. The van der Waals surface area contributed by atoms with E-state index in [0.29, 0.717) is 13.1 Å². The average molecular weight is 173 g/mol. The molecule has 1 rings (SSSR count). The van der Waals surface area contributed by atoms with Gasteiger partial charge in [0.1, 0.15) is 5.97 Å². The van der Waals surface area contributed by atoms with Gasteiger partial charge in [-0.15, -0.1) is 0 Å². The third-order valence-corrected chi connectivity index (χ3v) is 2.30. The summed E-state index contributed by atoms with van der Waals surface area (Å²) in [5.74, 6) is -1.00. The molecule has 5 heteroatoms. The molecule has 0 bridgehead atoms. The molecular weight excluding hydrogens is 158 g/mol. The number of carboxylic acids is 1. The second kappa shape index (κ2) is 3.84. The normalized spacial score (nSPS) is 30.8. The summed E-state index contributed by atoms with van der Waals surface area (Å²) in [6.45, 7) is 2.86. The highest BCUT2D eigenvalue weighted by atomic mass is 16.4. The van der Waals surface area contributed by atoms with Gasteiger partial charge in [-0.3, -0.25) is 0 Å². The lowest BCUT2D eigenvalue weighted by Gasteiger charge is -2.24. The van der Waals surface area contributed by atoms with Gasteiger partial charge in [-0.1, -0.05) is 0 Å². The Morgan fingerprint density at radius 3 is 3.00 bits per heavy atom.